The summed E-state index contributed by atoms with van der Waals surface area (Å²) in [7, 11) is -3.83. The first kappa shape index (κ1) is 19.1. The lowest BCUT2D eigenvalue weighted by atomic mass is 10.2. The molecule has 0 aliphatic carbocycles. The van der Waals surface area contributed by atoms with Crippen molar-refractivity contribution in [1.29, 1.82) is 0 Å². The van der Waals surface area contributed by atoms with Gasteiger partial charge in [-0.05, 0) is 55.3 Å². The number of hydrogen-bond acceptors (Lipinski definition) is 3. The van der Waals surface area contributed by atoms with Gasteiger partial charge in [-0.1, -0.05) is 23.2 Å². The maximum absolute atomic E-state index is 13.2. The van der Waals surface area contributed by atoms with Gasteiger partial charge < -0.3 is 5.32 Å². The SMILES string of the molecule is O=C(Nc1ccc(F)c(Cl)c1)[C@H]1CCCN1S(=O)(=O)c1ccc(Cl)cc1. The van der Waals surface area contributed by atoms with Gasteiger partial charge >= 0.3 is 0 Å². The predicted molar refractivity (Wildman–Crippen MR) is 98.4 cm³/mol. The van der Waals surface area contributed by atoms with Crippen LogP contribution in [0.2, 0.25) is 10.0 Å². The largest absolute Gasteiger partial charge is 0.325 e. The third kappa shape index (κ3) is 3.86. The molecule has 0 radical (unpaired) electrons. The number of hydrogen-bond donors (Lipinski definition) is 1. The fourth-order valence-corrected chi connectivity index (χ4v) is 4.79. The summed E-state index contributed by atoms with van der Waals surface area (Å²) < 4.78 is 40.1. The highest BCUT2D eigenvalue weighted by atomic mass is 35.5. The van der Waals surface area contributed by atoms with Crippen LogP contribution in [0, 0.1) is 5.82 Å². The van der Waals surface area contributed by atoms with E-state index in [1.165, 1.54) is 40.7 Å². The monoisotopic (exact) mass is 416 g/mol. The van der Waals surface area contributed by atoms with E-state index in [9.17, 15) is 17.6 Å². The molecule has 1 saturated heterocycles. The van der Waals surface area contributed by atoms with Gasteiger partial charge in [0.15, 0.2) is 0 Å². The Morgan fingerprint density at radius 1 is 1.15 bits per heavy atom. The molecule has 0 aromatic heterocycles. The van der Waals surface area contributed by atoms with E-state index in [1.807, 2.05) is 0 Å². The normalized spacial score (nSPS) is 18.0. The molecular weight excluding hydrogens is 402 g/mol. The second kappa shape index (κ2) is 7.52. The van der Waals surface area contributed by atoms with Crippen LogP contribution in [-0.4, -0.2) is 31.2 Å². The summed E-state index contributed by atoms with van der Waals surface area (Å²) in [5.41, 5.74) is 0.303. The number of carbonyl (C=O) groups excluding carboxylic acids is 1. The Labute approximate surface area is 160 Å². The lowest BCUT2D eigenvalue weighted by Crippen LogP contribution is -2.43. The zero-order chi connectivity index (χ0) is 18.9. The Balaban J connectivity index is 1.81. The van der Waals surface area contributed by atoms with Crippen LogP contribution in [0.1, 0.15) is 12.8 Å². The molecule has 3 rings (SSSR count). The zero-order valence-electron chi connectivity index (χ0n) is 13.5. The number of nitrogens with zero attached hydrogens (tertiary/aromatic N) is 1. The van der Waals surface area contributed by atoms with Gasteiger partial charge in [0.05, 0.1) is 9.92 Å². The van der Waals surface area contributed by atoms with Crippen molar-refractivity contribution in [2.75, 3.05) is 11.9 Å². The van der Waals surface area contributed by atoms with Gasteiger partial charge in [-0.15, -0.1) is 0 Å². The number of halogens is 3. The minimum Gasteiger partial charge on any atom is -0.325 e. The zero-order valence-corrected chi connectivity index (χ0v) is 15.8. The van der Waals surface area contributed by atoms with Crippen LogP contribution in [-0.2, 0) is 14.8 Å². The molecule has 2 aromatic rings. The molecule has 0 unspecified atom stereocenters. The van der Waals surface area contributed by atoms with Crippen LogP contribution in [0.15, 0.2) is 47.4 Å². The fourth-order valence-electron chi connectivity index (χ4n) is 2.83. The first-order valence-corrected chi connectivity index (χ1v) is 10.0. The Kier molecular flexibility index (Phi) is 5.53. The summed E-state index contributed by atoms with van der Waals surface area (Å²) in [6, 6.07) is 8.72. The first-order valence-electron chi connectivity index (χ1n) is 7.82. The van der Waals surface area contributed by atoms with Crippen molar-refractivity contribution < 1.29 is 17.6 Å². The molecular formula is C17H15Cl2FN2O3S. The molecule has 1 heterocycles. The van der Waals surface area contributed by atoms with E-state index in [-0.39, 0.29) is 16.5 Å². The van der Waals surface area contributed by atoms with Crippen LogP contribution < -0.4 is 5.32 Å². The van der Waals surface area contributed by atoms with E-state index in [1.54, 1.807) is 0 Å². The summed E-state index contributed by atoms with van der Waals surface area (Å²) in [5, 5.41) is 2.90. The van der Waals surface area contributed by atoms with Crippen LogP contribution in [0.3, 0.4) is 0 Å². The Morgan fingerprint density at radius 2 is 1.85 bits per heavy atom. The molecule has 1 atom stereocenters. The number of amides is 1. The molecule has 9 heteroatoms. The minimum atomic E-state index is -3.83. The smallest absolute Gasteiger partial charge is 0.243 e. The molecule has 5 nitrogen and oxygen atoms in total. The minimum absolute atomic E-state index is 0.0754. The summed E-state index contributed by atoms with van der Waals surface area (Å²) >= 11 is 11.5. The molecule has 138 valence electrons. The standard InChI is InChI=1S/C17H15Cl2FN2O3S/c18-11-3-6-13(7-4-11)26(24,25)22-9-1-2-16(22)17(23)21-12-5-8-15(20)14(19)10-12/h3-8,10,16H,1-2,9H2,(H,21,23)/t16-/m1/s1. The van der Waals surface area contributed by atoms with Crippen LogP contribution >= 0.6 is 23.2 Å². The molecule has 0 spiro atoms. The highest BCUT2D eigenvalue weighted by Crippen LogP contribution is 2.28. The molecule has 1 amide bonds. The van der Waals surface area contributed by atoms with Crippen molar-refractivity contribution in [2.45, 2.75) is 23.8 Å². The van der Waals surface area contributed by atoms with Gasteiger partial charge in [0.2, 0.25) is 15.9 Å². The van der Waals surface area contributed by atoms with E-state index in [2.05, 4.69) is 5.32 Å². The van der Waals surface area contributed by atoms with Crippen molar-refractivity contribution >= 4 is 44.8 Å². The summed E-state index contributed by atoms with van der Waals surface area (Å²) in [6.07, 6.45) is 0.961. The number of carbonyl (C=O) groups is 1. The van der Waals surface area contributed by atoms with E-state index >= 15 is 0 Å². The van der Waals surface area contributed by atoms with E-state index < -0.39 is 27.8 Å². The second-order valence-corrected chi connectivity index (χ2v) is 8.58. The Hall–Kier alpha value is -1.67. The Bertz CT molecular complexity index is 936. The topological polar surface area (TPSA) is 66.5 Å². The summed E-state index contributed by atoms with van der Waals surface area (Å²) in [6.45, 7) is 0.243. The molecule has 1 N–H and O–H groups in total. The van der Waals surface area contributed by atoms with Crippen molar-refractivity contribution in [3.05, 3.63) is 58.3 Å². The molecule has 2 aromatic carbocycles. The molecule has 0 saturated carbocycles. The third-order valence-electron chi connectivity index (χ3n) is 4.11. The number of sulfonamides is 1. The Morgan fingerprint density at radius 3 is 2.50 bits per heavy atom. The average molecular weight is 417 g/mol. The average Bonchev–Trinajstić information content (AvgIpc) is 3.09. The fraction of sp³-hybridized carbons (Fsp3) is 0.235. The highest BCUT2D eigenvalue weighted by molar-refractivity contribution is 7.89. The van der Waals surface area contributed by atoms with Gasteiger partial charge in [0.1, 0.15) is 11.9 Å². The molecule has 0 bridgehead atoms. The van der Waals surface area contributed by atoms with Crippen molar-refractivity contribution in [2.24, 2.45) is 0 Å². The highest BCUT2D eigenvalue weighted by Gasteiger charge is 2.39. The van der Waals surface area contributed by atoms with Crippen molar-refractivity contribution in [1.82, 2.24) is 4.31 Å². The third-order valence-corrected chi connectivity index (χ3v) is 6.58. The van der Waals surface area contributed by atoms with Gasteiger partial charge in [0.25, 0.3) is 0 Å². The predicted octanol–water partition coefficient (Wildman–Crippen LogP) is 3.92. The van der Waals surface area contributed by atoms with Crippen molar-refractivity contribution in [3.63, 3.8) is 0 Å². The lowest BCUT2D eigenvalue weighted by Gasteiger charge is -2.23. The summed E-state index contributed by atoms with van der Waals surface area (Å²) in [4.78, 5) is 12.7. The molecule has 1 aliphatic heterocycles. The van der Waals surface area contributed by atoms with Gasteiger partial charge in [-0.2, -0.15) is 4.31 Å². The van der Waals surface area contributed by atoms with Crippen LogP contribution in [0.25, 0.3) is 0 Å². The van der Waals surface area contributed by atoms with E-state index in [0.29, 0.717) is 23.6 Å². The van der Waals surface area contributed by atoms with Crippen LogP contribution in [0.5, 0.6) is 0 Å². The molecule has 1 aliphatic rings. The van der Waals surface area contributed by atoms with Gasteiger partial charge in [0, 0.05) is 17.3 Å². The molecule has 1 fully saturated rings. The summed E-state index contributed by atoms with van der Waals surface area (Å²) in [5.74, 6) is -1.08. The first-order chi connectivity index (χ1) is 12.3. The quantitative estimate of drug-likeness (QED) is 0.820. The number of benzene rings is 2. The van der Waals surface area contributed by atoms with Crippen molar-refractivity contribution in [3.8, 4) is 0 Å². The number of rotatable bonds is 4. The number of anilines is 1. The van der Waals surface area contributed by atoms with Gasteiger partial charge in [-0.25, -0.2) is 12.8 Å². The second-order valence-electron chi connectivity index (χ2n) is 5.85. The maximum Gasteiger partial charge on any atom is 0.243 e. The van der Waals surface area contributed by atoms with E-state index in [4.69, 9.17) is 23.2 Å². The number of nitrogens with one attached hydrogen (secondary N) is 1. The lowest BCUT2D eigenvalue weighted by molar-refractivity contribution is -0.119. The van der Waals surface area contributed by atoms with Gasteiger partial charge in [-0.3, -0.25) is 4.79 Å². The maximum atomic E-state index is 13.2. The van der Waals surface area contributed by atoms with E-state index in [0.717, 1.165) is 6.07 Å². The van der Waals surface area contributed by atoms with Crippen LogP contribution in [0.4, 0.5) is 10.1 Å². The molecule has 26 heavy (non-hydrogen) atoms.